The van der Waals surface area contributed by atoms with Crippen molar-refractivity contribution in [3.05, 3.63) is 41.0 Å². The van der Waals surface area contributed by atoms with E-state index >= 15 is 0 Å². The monoisotopic (exact) mass is 425 g/mol. The van der Waals surface area contributed by atoms with Crippen molar-refractivity contribution in [2.45, 2.75) is 70.6 Å². The van der Waals surface area contributed by atoms with Gasteiger partial charge in [0.25, 0.3) is 0 Å². The predicted molar refractivity (Wildman–Crippen MR) is 121 cm³/mol. The summed E-state index contributed by atoms with van der Waals surface area (Å²) >= 11 is 4.42. The highest BCUT2D eigenvalue weighted by molar-refractivity contribution is 7.78. The summed E-state index contributed by atoms with van der Waals surface area (Å²) in [5.41, 5.74) is 1.01. The zero-order valence-corrected chi connectivity index (χ0v) is 18.2. The molecule has 1 aromatic carbocycles. The topological polar surface area (TPSA) is 12.4 Å². The fourth-order valence-electron chi connectivity index (χ4n) is 5.43. The lowest BCUT2D eigenvalue weighted by molar-refractivity contribution is 0.156. The van der Waals surface area contributed by atoms with Gasteiger partial charge in [0, 0.05) is 5.56 Å². The van der Waals surface area contributed by atoms with E-state index in [-0.39, 0.29) is 0 Å². The van der Waals surface area contributed by atoms with Gasteiger partial charge in [-0.3, -0.25) is 0 Å². The van der Waals surface area contributed by atoms with Gasteiger partial charge in [0.1, 0.15) is 5.69 Å². The standard InChI is InChI=1S/C26H29F2NS/c27-24-15-21(16-25(28)26(24)29-17-30)5-4-18-6-10-22(11-7-18)23-12-8-20(9-13-23)14-19-2-1-3-19/h6,15-16,19-20,22-23H,1-3,7-14H2. The van der Waals surface area contributed by atoms with Crippen molar-refractivity contribution in [2.75, 3.05) is 0 Å². The molecule has 2 saturated carbocycles. The van der Waals surface area contributed by atoms with Crippen molar-refractivity contribution in [1.29, 1.82) is 0 Å². The minimum Gasteiger partial charge on any atom is -0.204 e. The molecular formula is C26H29F2NS. The fourth-order valence-corrected chi connectivity index (χ4v) is 5.53. The van der Waals surface area contributed by atoms with Crippen LogP contribution in [-0.2, 0) is 0 Å². The number of halogens is 2. The molecule has 0 N–H and O–H groups in total. The maximum Gasteiger partial charge on any atom is 0.153 e. The lowest BCUT2D eigenvalue weighted by Crippen LogP contribution is -2.25. The van der Waals surface area contributed by atoms with Gasteiger partial charge in [-0.2, -0.15) is 4.99 Å². The molecule has 4 rings (SSSR count). The largest absolute Gasteiger partial charge is 0.204 e. The van der Waals surface area contributed by atoms with Crippen molar-refractivity contribution >= 4 is 23.1 Å². The third-order valence-electron chi connectivity index (χ3n) is 7.44. The number of hydrogen-bond donors (Lipinski definition) is 0. The first kappa shape index (κ1) is 21.4. The first-order valence-electron chi connectivity index (χ1n) is 11.4. The van der Waals surface area contributed by atoms with E-state index in [0.717, 1.165) is 42.1 Å². The van der Waals surface area contributed by atoms with Gasteiger partial charge in [-0.15, -0.1) is 0 Å². The number of nitrogens with zero attached hydrogens (tertiary/aromatic N) is 1. The highest BCUT2D eigenvalue weighted by Gasteiger charge is 2.30. The average Bonchev–Trinajstić information content (AvgIpc) is 2.73. The molecule has 1 nitrogen and oxygen atoms in total. The minimum atomic E-state index is -0.762. The Labute approximate surface area is 184 Å². The van der Waals surface area contributed by atoms with Crippen LogP contribution in [0.1, 0.15) is 76.2 Å². The van der Waals surface area contributed by atoms with E-state index in [4.69, 9.17) is 0 Å². The van der Waals surface area contributed by atoms with E-state index in [1.54, 1.807) is 0 Å². The molecule has 1 aromatic rings. The van der Waals surface area contributed by atoms with Gasteiger partial charge in [-0.25, -0.2) is 8.78 Å². The average molecular weight is 426 g/mol. The molecule has 1 unspecified atom stereocenters. The Morgan fingerprint density at radius 3 is 2.17 bits per heavy atom. The van der Waals surface area contributed by atoms with Crippen LogP contribution in [0, 0.1) is 47.1 Å². The summed E-state index contributed by atoms with van der Waals surface area (Å²) in [5.74, 6) is 8.17. The van der Waals surface area contributed by atoms with Gasteiger partial charge >= 0.3 is 0 Å². The minimum absolute atomic E-state index is 0.320. The van der Waals surface area contributed by atoms with Crippen LogP contribution in [0.4, 0.5) is 14.5 Å². The number of hydrogen-bond acceptors (Lipinski definition) is 2. The molecule has 4 heteroatoms. The molecule has 158 valence electrons. The van der Waals surface area contributed by atoms with Gasteiger partial charge in [-0.1, -0.05) is 50.0 Å². The van der Waals surface area contributed by atoms with Crippen LogP contribution in [0.2, 0.25) is 0 Å². The fraction of sp³-hybridized carbons (Fsp3) is 0.577. The smallest absolute Gasteiger partial charge is 0.153 e. The van der Waals surface area contributed by atoms with Crippen molar-refractivity contribution in [1.82, 2.24) is 0 Å². The van der Waals surface area contributed by atoms with Crippen LogP contribution < -0.4 is 0 Å². The van der Waals surface area contributed by atoms with Gasteiger partial charge in [-0.05, 0) is 92.1 Å². The normalized spacial score (nSPS) is 26.6. The second kappa shape index (κ2) is 9.99. The molecule has 0 radical (unpaired) electrons. The Balaban J connectivity index is 1.30. The molecular weight excluding hydrogens is 396 g/mol. The van der Waals surface area contributed by atoms with E-state index in [1.165, 1.54) is 69.9 Å². The summed E-state index contributed by atoms with van der Waals surface area (Å²) in [4.78, 5) is 3.43. The Morgan fingerprint density at radius 2 is 1.60 bits per heavy atom. The molecule has 0 amide bonds. The third kappa shape index (κ3) is 5.26. The third-order valence-corrected chi connectivity index (χ3v) is 7.53. The Hall–Kier alpha value is -1.82. The highest BCUT2D eigenvalue weighted by Crippen LogP contribution is 2.43. The first-order valence-corrected chi connectivity index (χ1v) is 11.8. The molecule has 3 aliphatic rings. The van der Waals surface area contributed by atoms with E-state index in [0.29, 0.717) is 5.56 Å². The maximum absolute atomic E-state index is 13.9. The van der Waals surface area contributed by atoms with E-state index < -0.39 is 17.3 Å². The zero-order chi connectivity index (χ0) is 20.9. The van der Waals surface area contributed by atoms with Crippen LogP contribution in [-0.4, -0.2) is 5.16 Å². The quantitative estimate of drug-likeness (QED) is 0.273. The van der Waals surface area contributed by atoms with Crippen LogP contribution in [0.5, 0.6) is 0 Å². The summed E-state index contributed by atoms with van der Waals surface area (Å²) in [7, 11) is 0. The summed E-state index contributed by atoms with van der Waals surface area (Å²) in [6, 6.07) is 2.41. The maximum atomic E-state index is 13.9. The van der Waals surface area contributed by atoms with Crippen molar-refractivity contribution < 1.29 is 8.78 Å². The van der Waals surface area contributed by atoms with E-state index in [2.05, 4.69) is 35.1 Å². The summed E-state index contributed by atoms with van der Waals surface area (Å²) < 4.78 is 27.9. The molecule has 0 saturated heterocycles. The molecule has 2 fully saturated rings. The van der Waals surface area contributed by atoms with Crippen LogP contribution in [0.25, 0.3) is 0 Å². The Bertz CT molecular complexity index is 884. The van der Waals surface area contributed by atoms with Crippen LogP contribution in [0.15, 0.2) is 28.8 Å². The first-order chi connectivity index (χ1) is 14.6. The van der Waals surface area contributed by atoms with Gasteiger partial charge < -0.3 is 0 Å². The second-order valence-electron chi connectivity index (χ2n) is 9.32. The lowest BCUT2D eigenvalue weighted by atomic mass is 9.68. The number of aliphatic imine (C=N–C) groups is 1. The van der Waals surface area contributed by atoms with E-state index in [9.17, 15) is 8.78 Å². The molecule has 0 aromatic heterocycles. The Kier molecular flexibility index (Phi) is 7.13. The number of benzene rings is 1. The predicted octanol–water partition coefficient (Wildman–Crippen LogP) is 7.77. The number of rotatable bonds is 4. The van der Waals surface area contributed by atoms with Crippen LogP contribution >= 0.6 is 12.2 Å². The molecule has 30 heavy (non-hydrogen) atoms. The molecule has 1 atom stereocenters. The zero-order valence-electron chi connectivity index (χ0n) is 17.4. The second-order valence-corrected chi connectivity index (χ2v) is 9.50. The molecule has 3 aliphatic carbocycles. The van der Waals surface area contributed by atoms with Gasteiger partial charge in [0.15, 0.2) is 11.6 Å². The molecule has 0 aliphatic heterocycles. The molecule has 0 spiro atoms. The van der Waals surface area contributed by atoms with Crippen molar-refractivity contribution in [3.63, 3.8) is 0 Å². The number of isothiocyanates is 1. The summed E-state index contributed by atoms with van der Waals surface area (Å²) in [5, 5.41) is 2.00. The van der Waals surface area contributed by atoms with Gasteiger partial charge in [0.2, 0.25) is 0 Å². The molecule has 0 heterocycles. The lowest BCUT2D eigenvalue weighted by Gasteiger charge is -2.37. The van der Waals surface area contributed by atoms with Gasteiger partial charge in [0.05, 0.1) is 5.16 Å². The summed E-state index contributed by atoms with van der Waals surface area (Å²) in [6.07, 6.45) is 17.0. The van der Waals surface area contributed by atoms with Crippen LogP contribution in [0.3, 0.4) is 0 Å². The number of thiocarbonyl (C=S) groups is 1. The van der Waals surface area contributed by atoms with Crippen molar-refractivity contribution in [3.8, 4) is 11.8 Å². The summed E-state index contributed by atoms with van der Waals surface area (Å²) in [6.45, 7) is 0. The molecule has 0 bridgehead atoms. The SMILES string of the molecule is Fc1cc(C#CC2=CCC(C3CCC(CC4CCC4)CC3)CC2)cc(F)c1N=C=S. The van der Waals surface area contributed by atoms with E-state index in [1.807, 2.05) is 5.16 Å². The van der Waals surface area contributed by atoms with Crippen molar-refractivity contribution in [2.24, 2.45) is 28.7 Å². The Morgan fingerprint density at radius 1 is 0.900 bits per heavy atom. The number of allylic oxidation sites excluding steroid dienone is 2. The highest BCUT2D eigenvalue weighted by atomic mass is 32.1.